The maximum atomic E-state index is 11.7. The zero-order valence-corrected chi connectivity index (χ0v) is 20.1. The maximum absolute atomic E-state index is 11.7. The van der Waals surface area contributed by atoms with Gasteiger partial charge in [-0.3, -0.25) is 9.88 Å². The lowest BCUT2D eigenvalue weighted by molar-refractivity contribution is 0.0365. The van der Waals surface area contributed by atoms with Crippen molar-refractivity contribution in [3.63, 3.8) is 0 Å². The van der Waals surface area contributed by atoms with Crippen LogP contribution in [0.5, 0.6) is 0 Å². The van der Waals surface area contributed by atoms with Crippen molar-refractivity contribution in [1.82, 2.24) is 20.1 Å². The summed E-state index contributed by atoms with van der Waals surface area (Å²) in [5.74, 6) is 0.247. The molecule has 2 saturated heterocycles. The van der Waals surface area contributed by atoms with E-state index in [1.165, 1.54) is 0 Å². The smallest absolute Gasteiger partial charge is 0.336 e. The number of nitrogens with zero attached hydrogens (tertiary/aromatic N) is 3. The van der Waals surface area contributed by atoms with Gasteiger partial charge in [0.15, 0.2) is 5.11 Å². The predicted molar refractivity (Wildman–Crippen MR) is 135 cm³/mol. The Bertz CT molecular complexity index is 1180. The van der Waals surface area contributed by atoms with Gasteiger partial charge in [0.05, 0.1) is 30.5 Å². The van der Waals surface area contributed by atoms with Crippen LogP contribution in [-0.4, -0.2) is 70.4 Å². The second-order valence-corrected chi connectivity index (χ2v) is 9.07. The van der Waals surface area contributed by atoms with Crippen molar-refractivity contribution >= 4 is 23.3 Å². The van der Waals surface area contributed by atoms with Crippen molar-refractivity contribution in [1.29, 1.82) is 0 Å². The third kappa shape index (κ3) is 5.07. The molecule has 35 heavy (non-hydrogen) atoms. The molecule has 0 radical (unpaired) electrons. The van der Waals surface area contributed by atoms with Gasteiger partial charge in [-0.15, -0.1) is 0 Å². The molecule has 0 saturated carbocycles. The fourth-order valence-corrected chi connectivity index (χ4v) is 5.12. The zero-order chi connectivity index (χ0) is 24.2. The summed E-state index contributed by atoms with van der Waals surface area (Å²) in [5, 5.41) is 13.7. The van der Waals surface area contributed by atoms with E-state index in [-0.39, 0.29) is 17.6 Å². The molecular weight excluding hydrogens is 464 g/mol. The third-order valence-electron chi connectivity index (χ3n) is 6.52. The summed E-state index contributed by atoms with van der Waals surface area (Å²) < 4.78 is 11.8. The highest BCUT2D eigenvalue weighted by Gasteiger charge is 2.41. The Morgan fingerprint density at radius 1 is 1.09 bits per heavy atom. The highest BCUT2D eigenvalue weighted by molar-refractivity contribution is 7.80. The number of hydrogen-bond acceptors (Lipinski definition) is 6. The Balaban J connectivity index is 1.42. The molecule has 9 heteroatoms. The van der Waals surface area contributed by atoms with Crippen LogP contribution in [0, 0.1) is 0 Å². The number of morpholine rings is 1. The van der Waals surface area contributed by atoms with E-state index in [1.807, 2.05) is 36.4 Å². The van der Waals surface area contributed by atoms with E-state index >= 15 is 0 Å². The molecule has 0 amide bonds. The van der Waals surface area contributed by atoms with Gasteiger partial charge >= 0.3 is 5.97 Å². The van der Waals surface area contributed by atoms with Crippen molar-refractivity contribution in [3.05, 3.63) is 77.8 Å². The van der Waals surface area contributed by atoms with Crippen LogP contribution in [0.3, 0.4) is 0 Å². The number of aromatic nitrogens is 1. The SMILES string of the molecule is O=C(O)c1ccccc1-c1ccc(C2C(c3ccccn3)NC(=S)N2CCCN2CCOCC2)o1. The monoisotopic (exact) mass is 492 g/mol. The Kier molecular flexibility index (Phi) is 7.08. The van der Waals surface area contributed by atoms with Crippen LogP contribution < -0.4 is 5.32 Å². The minimum atomic E-state index is -0.988. The highest BCUT2D eigenvalue weighted by Crippen LogP contribution is 2.40. The summed E-state index contributed by atoms with van der Waals surface area (Å²) in [6.07, 6.45) is 2.72. The van der Waals surface area contributed by atoms with Crippen LogP contribution in [0.2, 0.25) is 0 Å². The van der Waals surface area contributed by atoms with E-state index < -0.39 is 5.97 Å². The van der Waals surface area contributed by atoms with Gasteiger partial charge in [-0.2, -0.15) is 0 Å². The summed E-state index contributed by atoms with van der Waals surface area (Å²) >= 11 is 5.75. The number of carboxylic acids is 1. The molecule has 4 heterocycles. The Labute approximate surface area is 209 Å². The summed E-state index contributed by atoms with van der Waals surface area (Å²) in [6.45, 7) is 5.19. The van der Waals surface area contributed by atoms with Crippen LogP contribution in [-0.2, 0) is 4.74 Å². The highest BCUT2D eigenvalue weighted by atomic mass is 32.1. The van der Waals surface area contributed by atoms with E-state index in [0.717, 1.165) is 57.3 Å². The Morgan fingerprint density at radius 2 is 1.89 bits per heavy atom. The average Bonchev–Trinajstić information content (AvgIpc) is 3.50. The lowest BCUT2D eigenvalue weighted by Gasteiger charge is -2.29. The van der Waals surface area contributed by atoms with Crippen LogP contribution in [0.15, 0.2) is 65.2 Å². The predicted octanol–water partition coefficient (Wildman–Crippen LogP) is 3.73. The van der Waals surface area contributed by atoms with Crippen molar-refractivity contribution in [2.75, 3.05) is 39.4 Å². The first-order valence-electron chi connectivity index (χ1n) is 11.8. The van der Waals surface area contributed by atoms with Crippen LogP contribution in [0.4, 0.5) is 0 Å². The number of thiocarbonyl (C=S) groups is 1. The van der Waals surface area contributed by atoms with Gasteiger partial charge in [-0.25, -0.2) is 4.79 Å². The van der Waals surface area contributed by atoms with E-state index in [2.05, 4.69) is 20.1 Å². The topological polar surface area (TPSA) is 91.1 Å². The van der Waals surface area contributed by atoms with Crippen LogP contribution in [0.1, 0.15) is 40.3 Å². The van der Waals surface area contributed by atoms with Crippen molar-refractivity contribution in [3.8, 4) is 11.3 Å². The fraction of sp³-hybridized carbons (Fsp3) is 0.346. The van der Waals surface area contributed by atoms with E-state index in [1.54, 1.807) is 24.4 Å². The van der Waals surface area contributed by atoms with Crippen molar-refractivity contribution in [2.45, 2.75) is 18.5 Å². The summed E-state index contributed by atoms with van der Waals surface area (Å²) in [6, 6.07) is 16.1. The lowest BCUT2D eigenvalue weighted by Crippen LogP contribution is -2.38. The minimum absolute atomic E-state index is 0.180. The van der Waals surface area contributed by atoms with Gasteiger partial charge in [-0.05, 0) is 49.0 Å². The first-order chi connectivity index (χ1) is 17.1. The number of furan rings is 1. The largest absolute Gasteiger partial charge is 0.478 e. The molecule has 3 aromatic rings. The zero-order valence-electron chi connectivity index (χ0n) is 19.3. The summed E-state index contributed by atoms with van der Waals surface area (Å²) in [5.41, 5.74) is 1.63. The molecule has 182 valence electrons. The Morgan fingerprint density at radius 3 is 2.66 bits per heavy atom. The number of ether oxygens (including phenoxy) is 1. The van der Waals surface area contributed by atoms with Crippen LogP contribution >= 0.6 is 12.2 Å². The molecule has 2 aromatic heterocycles. The quantitative estimate of drug-likeness (QED) is 0.456. The lowest BCUT2D eigenvalue weighted by atomic mass is 10.0. The van der Waals surface area contributed by atoms with Crippen LogP contribution in [0.25, 0.3) is 11.3 Å². The van der Waals surface area contributed by atoms with Gasteiger partial charge in [-0.1, -0.05) is 24.3 Å². The van der Waals surface area contributed by atoms with E-state index in [4.69, 9.17) is 21.4 Å². The molecule has 0 spiro atoms. The normalized spacial score (nSPS) is 20.7. The molecule has 0 aliphatic carbocycles. The first kappa shape index (κ1) is 23.5. The number of hydrogen-bond donors (Lipinski definition) is 2. The molecule has 2 aliphatic rings. The van der Waals surface area contributed by atoms with Crippen molar-refractivity contribution in [2.24, 2.45) is 0 Å². The Hall–Kier alpha value is -3.27. The molecule has 2 aliphatic heterocycles. The summed E-state index contributed by atoms with van der Waals surface area (Å²) in [7, 11) is 0. The van der Waals surface area contributed by atoms with Gasteiger partial charge in [0.1, 0.15) is 17.6 Å². The number of pyridine rings is 1. The van der Waals surface area contributed by atoms with Gasteiger partial charge in [0, 0.05) is 37.9 Å². The third-order valence-corrected chi connectivity index (χ3v) is 6.87. The minimum Gasteiger partial charge on any atom is -0.478 e. The molecule has 2 fully saturated rings. The van der Waals surface area contributed by atoms with Gasteiger partial charge < -0.3 is 24.5 Å². The molecule has 2 N–H and O–H groups in total. The molecule has 0 bridgehead atoms. The molecule has 2 unspecified atom stereocenters. The molecular formula is C26H28N4O4S. The summed E-state index contributed by atoms with van der Waals surface area (Å²) in [4.78, 5) is 20.9. The van der Waals surface area contributed by atoms with Crippen molar-refractivity contribution < 1.29 is 19.1 Å². The average molecular weight is 493 g/mol. The van der Waals surface area contributed by atoms with Gasteiger partial charge in [0.25, 0.3) is 0 Å². The molecule has 5 rings (SSSR count). The number of aromatic carboxylic acids is 1. The number of benzene rings is 1. The first-order valence-corrected chi connectivity index (χ1v) is 12.2. The number of nitrogens with one attached hydrogen (secondary N) is 1. The number of carbonyl (C=O) groups is 1. The van der Waals surface area contributed by atoms with E-state index in [0.29, 0.717) is 16.4 Å². The van der Waals surface area contributed by atoms with Gasteiger partial charge in [0.2, 0.25) is 0 Å². The van der Waals surface area contributed by atoms with E-state index in [9.17, 15) is 9.90 Å². The number of carboxylic acid groups (broad SMARTS) is 1. The molecule has 1 aromatic carbocycles. The molecule has 2 atom stereocenters. The maximum Gasteiger partial charge on any atom is 0.336 e. The second-order valence-electron chi connectivity index (χ2n) is 8.68. The second kappa shape index (κ2) is 10.6. The fourth-order valence-electron chi connectivity index (χ4n) is 4.79. The molecule has 8 nitrogen and oxygen atoms in total. The standard InChI is InChI=1S/C26H28N4O4S/c31-25(32)19-7-2-1-6-18(19)21-9-10-22(34-21)24-23(20-8-3-4-11-27-20)28-26(35)30(24)13-5-12-29-14-16-33-17-15-29/h1-4,6-11,23-24H,5,12-17H2,(H,28,35)(H,31,32). The number of rotatable bonds is 8.